The van der Waals surface area contributed by atoms with Gasteiger partial charge in [0.05, 0.1) is 51.4 Å². The van der Waals surface area contributed by atoms with Crippen molar-refractivity contribution in [2.45, 2.75) is 109 Å². The van der Waals surface area contributed by atoms with Gasteiger partial charge in [-0.2, -0.15) is 9.97 Å². The number of pyridine rings is 1. The zero-order chi connectivity index (χ0) is 52.4. The van der Waals surface area contributed by atoms with Crippen molar-refractivity contribution in [3.05, 3.63) is 101 Å². The Labute approximate surface area is 446 Å². The maximum atomic E-state index is 14.3. The molecule has 3 aromatic carbocycles. The number of nitrogens with one attached hydrogen (secondary N) is 2. The SMILES string of the molecule is Cc1ncsc1-c1ccc([C@H](C)NC(=O)[C@@H]2C[C@@H](O)CN2C(=O)[C@H](c2cc(OCC3CCN(CCOc4nc(N5CC6CCC(C5)N6)c5cnc6c(c5n4)C(C)c4cccc5cc(O)cc-6c45)CC3)no2)C(C)C)cc1. The van der Waals surface area contributed by atoms with E-state index in [1.807, 2.05) is 81.9 Å². The largest absolute Gasteiger partial charge is 0.508 e. The van der Waals surface area contributed by atoms with Gasteiger partial charge in [0.15, 0.2) is 5.76 Å². The Bertz CT molecular complexity index is 3290. The number of phenolic OH excluding ortho intramolecular Hbond substituents is 1. The summed E-state index contributed by atoms with van der Waals surface area (Å²) < 4.78 is 18.5. The van der Waals surface area contributed by atoms with E-state index in [1.54, 1.807) is 17.4 Å². The molecule has 0 spiro atoms. The summed E-state index contributed by atoms with van der Waals surface area (Å²) in [5, 5.41) is 35.7. The molecule has 2 bridgehead atoms. The molecule has 7 aromatic rings. The van der Waals surface area contributed by atoms with Crippen LogP contribution in [0.4, 0.5) is 5.82 Å². The first-order valence-corrected chi connectivity index (χ1v) is 27.9. The predicted octanol–water partition coefficient (Wildman–Crippen LogP) is 8.12. The Hall–Kier alpha value is -6.73. The summed E-state index contributed by atoms with van der Waals surface area (Å²) in [6.45, 7) is 15.1. The van der Waals surface area contributed by atoms with Crippen LogP contribution in [0.2, 0.25) is 0 Å². The number of benzene rings is 3. The summed E-state index contributed by atoms with van der Waals surface area (Å²) in [6, 6.07) is 19.7. The summed E-state index contributed by atoms with van der Waals surface area (Å²) in [4.78, 5) is 55.3. The highest BCUT2D eigenvalue weighted by atomic mass is 32.1. The highest BCUT2D eigenvalue weighted by Gasteiger charge is 2.44. The Kier molecular flexibility index (Phi) is 13.6. The predicted molar refractivity (Wildman–Crippen MR) is 291 cm³/mol. The van der Waals surface area contributed by atoms with Gasteiger partial charge in [0.1, 0.15) is 30.1 Å². The first-order chi connectivity index (χ1) is 36.8. The Morgan fingerprint density at radius 1 is 0.961 bits per heavy atom. The highest BCUT2D eigenvalue weighted by molar-refractivity contribution is 7.13. The fraction of sp³-hybridized carbons (Fsp3) is 0.466. The van der Waals surface area contributed by atoms with Crippen molar-refractivity contribution in [1.29, 1.82) is 0 Å². The molecule has 4 fully saturated rings. The molecule has 4 aliphatic heterocycles. The number of aromatic hydroxyl groups is 1. The van der Waals surface area contributed by atoms with E-state index < -0.39 is 18.1 Å². The number of β-amino-alcohol motifs (C(OH)–C–C–N with tert-alkyl or cyclic N) is 1. The van der Waals surface area contributed by atoms with E-state index >= 15 is 0 Å². The summed E-state index contributed by atoms with van der Waals surface area (Å²) >= 11 is 1.59. The van der Waals surface area contributed by atoms with E-state index in [9.17, 15) is 19.8 Å². The van der Waals surface area contributed by atoms with Crippen LogP contribution in [0.15, 0.2) is 76.9 Å². The van der Waals surface area contributed by atoms with Gasteiger partial charge in [0, 0.05) is 74.0 Å². The molecule has 2 amide bonds. The number of likely N-dealkylation sites (tertiary alicyclic amines) is 2. The molecule has 18 heteroatoms. The van der Waals surface area contributed by atoms with Gasteiger partial charge in [-0.05, 0) is 109 Å². The maximum Gasteiger partial charge on any atom is 0.319 e. The standard InChI is InChI=1S/C58H66N10O7S/c1-31(2)49(57(72)68-28-42(70)23-46(68)56(71)61-33(4)36-9-11-37(12-10-36)54-34(5)60-30-76-54)47-24-48(65-75-47)74-29-35-15-17-66(18-16-35)19-20-73-58-63-53-45(55(64-58)67-26-39-13-14-40(27-67)62-39)25-59-52-44-22-41(69)21-38-7-6-8-43(51(38)44)32(3)50(52)53/h6-12,21-22,24-25,30-33,35,39-40,42,46,49,62,69-70H,13-20,23,26-29H2,1-5H3,(H,61,71)/t32?,33-,39?,40?,42+,46-,49-/m0/s1. The summed E-state index contributed by atoms with van der Waals surface area (Å²) in [7, 11) is 0. The van der Waals surface area contributed by atoms with Gasteiger partial charge in [-0.25, -0.2) is 4.98 Å². The average molecular weight is 1050 g/mol. The van der Waals surface area contributed by atoms with Crippen molar-refractivity contribution in [3.63, 3.8) is 0 Å². The van der Waals surface area contributed by atoms with E-state index in [-0.39, 0.29) is 48.4 Å². The zero-order valence-electron chi connectivity index (χ0n) is 43.7. The molecular formula is C58H66N10O7S. The fourth-order valence-electron chi connectivity index (χ4n) is 12.6. The lowest BCUT2D eigenvalue weighted by atomic mass is 9.79. The van der Waals surface area contributed by atoms with E-state index in [1.165, 1.54) is 10.5 Å². The number of hydrogen-bond acceptors (Lipinski definition) is 16. The molecule has 7 atom stereocenters. The number of thiazole rings is 1. The lowest BCUT2D eigenvalue weighted by Gasteiger charge is -2.35. The van der Waals surface area contributed by atoms with Gasteiger partial charge in [-0.15, -0.1) is 11.3 Å². The van der Waals surface area contributed by atoms with E-state index in [4.69, 9.17) is 28.9 Å². The number of carbonyl (C=O) groups is 2. The lowest BCUT2D eigenvalue weighted by molar-refractivity contribution is -0.141. The second-order valence-electron chi connectivity index (χ2n) is 22.1. The quantitative estimate of drug-likeness (QED) is 0.0766. The smallest absolute Gasteiger partial charge is 0.319 e. The van der Waals surface area contributed by atoms with Gasteiger partial charge in [0.25, 0.3) is 5.88 Å². The minimum Gasteiger partial charge on any atom is -0.508 e. The third-order valence-corrected chi connectivity index (χ3v) is 17.6. The third kappa shape index (κ3) is 9.62. The number of nitrogens with zero attached hydrogens (tertiary/aromatic N) is 8. The summed E-state index contributed by atoms with van der Waals surface area (Å²) in [5.74, 6) is 0.549. The van der Waals surface area contributed by atoms with Crippen LogP contribution in [0.3, 0.4) is 0 Å². The van der Waals surface area contributed by atoms with Crippen LogP contribution in [-0.4, -0.2) is 134 Å². The number of aliphatic hydroxyl groups is 1. The van der Waals surface area contributed by atoms with Gasteiger partial charge in [0.2, 0.25) is 11.8 Å². The van der Waals surface area contributed by atoms with Crippen molar-refractivity contribution < 1.29 is 33.8 Å². The van der Waals surface area contributed by atoms with Gasteiger partial charge < -0.3 is 44.6 Å². The van der Waals surface area contributed by atoms with Crippen molar-refractivity contribution in [1.82, 2.24) is 45.5 Å². The number of aryl methyl sites for hydroxylation is 1. The van der Waals surface area contributed by atoms with Crippen LogP contribution in [0.25, 0.3) is 43.4 Å². The number of hydrogen-bond donors (Lipinski definition) is 4. The number of phenols is 1. The third-order valence-electron chi connectivity index (χ3n) is 16.6. The monoisotopic (exact) mass is 1050 g/mol. The van der Waals surface area contributed by atoms with Crippen LogP contribution in [0.1, 0.15) is 106 Å². The second-order valence-corrected chi connectivity index (χ2v) is 22.9. The molecule has 4 aromatic heterocycles. The molecule has 5 aliphatic rings. The number of rotatable bonds is 15. The molecule has 1 aliphatic carbocycles. The van der Waals surface area contributed by atoms with E-state index in [0.717, 1.165) is 124 Å². The Morgan fingerprint density at radius 2 is 1.75 bits per heavy atom. The van der Waals surface area contributed by atoms with E-state index in [2.05, 4.69) is 49.6 Å². The number of aromatic nitrogens is 5. The van der Waals surface area contributed by atoms with Crippen LogP contribution >= 0.6 is 11.3 Å². The second kappa shape index (κ2) is 20.7. The average Bonchev–Trinajstić information content (AvgIpc) is 4.36. The number of anilines is 1. The molecule has 76 heavy (non-hydrogen) atoms. The van der Waals surface area contributed by atoms with Gasteiger partial charge in [-0.1, -0.05) is 63.2 Å². The molecule has 12 rings (SSSR count). The zero-order valence-corrected chi connectivity index (χ0v) is 44.6. The minimum absolute atomic E-state index is 0.00904. The molecule has 4 saturated heterocycles. The maximum absolute atomic E-state index is 14.3. The number of aliphatic hydroxyl groups excluding tert-OH is 1. The number of piperidine rings is 1. The van der Waals surface area contributed by atoms with Crippen molar-refractivity contribution in [2.75, 3.05) is 57.4 Å². The molecule has 0 radical (unpaired) electrons. The Balaban J connectivity index is 0.663. The normalized spacial score (nSPS) is 22.3. The van der Waals surface area contributed by atoms with Crippen LogP contribution in [-0.2, 0) is 9.59 Å². The van der Waals surface area contributed by atoms with Crippen molar-refractivity contribution in [2.24, 2.45) is 11.8 Å². The highest BCUT2D eigenvalue weighted by Crippen LogP contribution is 2.49. The van der Waals surface area contributed by atoms with Crippen molar-refractivity contribution in [3.8, 4) is 39.3 Å². The van der Waals surface area contributed by atoms with E-state index in [0.29, 0.717) is 48.9 Å². The van der Waals surface area contributed by atoms with Crippen molar-refractivity contribution >= 4 is 50.6 Å². The molecule has 396 valence electrons. The first kappa shape index (κ1) is 50.1. The number of amides is 2. The Morgan fingerprint density at radius 3 is 2.50 bits per heavy atom. The molecule has 3 unspecified atom stereocenters. The minimum atomic E-state index is -0.834. The molecule has 17 nitrogen and oxygen atoms in total. The number of ether oxygens (including phenoxy) is 2. The topological polar surface area (TPSA) is 204 Å². The lowest BCUT2D eigenvalue weighted by Crippen LogP contribution is -2.51. The van der Waals surface area contributed by atoms with Crippen LogP contribution in [0.5, 0.6) is 17.6 Å². The van der Waals surface area contributed by atoms with Crippen LogP contribution < -0.4 is 25.0 Å². The van der Waals surface area contributed by atoms with Gasteiger partial charge in [-0.3, -0.25) is 19.5 Å². The molecular weight excluding hydrogens is 981 g/mol. The summed E-state index contributed by atoms with van der Waals surface area (Å²) in [6.07, 6.45) is 5.39. The van der Waals surface area contributed by atoms with Gasteiger partial charge >= 0.3 is 6.01 Å². The number of piperazine rings is 1. The number of fused-ring (bicyclic) bond motifs is 6. The summed E-state index contributed by atoms with van der Waals surface area (Å²) in [5.41, 5.74) is 9.62. The molecule has 4 N–H and O–H groups in total. The molecule has 0 saturated carbocycles. The fourth-order valence-corrected chi connectivity index (χ4v) is 13.4. The first-order valence-electron chi connectivity index (χ1n) is 27.0. The van der Waals surface area contributed by atoms with Crippen LogP contribution in [0, 0.1) is 18.8 Å². The molecule has 8 heterocycles. The number of carbonyl (C=O) groups excluding carboxylic acids is 2.